The Morgan fingerprint density at radius 3 is 2.83 bits per heavy atom. The highest BCUT2D eigenvalue weighted by atomic mass is 19.1. The molecule has 0 bridgehead atoms. The number of aromatic amines is 2. The zero-order chi connectivity index (χ0) is 20.8. The van der Waals surface area contributed by atoms with Gasteiger partial charge in [0.1, 0.15) is 12.4 Å². The number of fused-ring (bicyclic) bond motifs is 1. The minimum Gasteiger partial charge on any atom is -0.434 e. The molecule has 3 N–H and O–H groups in total. The molecule has 8 nitrogen and oxygen atoms in total. The highest BCUT2D eigenvalue weighted by Crippen LogP contribution is 2.40. The Morgan fingerprint density at radius 1 is 1.23 bits per heavy atom. The van der Waals surface area contributed by atoms with Gasteiger partial charge in [0, 0.05) is 34.8 Å². The number of nitrogens with zero attached hydrogens (tertiary/aromatic N) is 4. The van der Waals surface area contributed by atoms with E-state index in [9.17, 15) is 14.0 Å². The van der Waals surface area contributed by atoms with Gasteiger partial charge in [-0.3, -0.25) is 5.10 Å². The van der Waals surface area contributed by atoms with Crippen molar-refractivity contribution in [1.82, 2.24) is 25.1 Å². The molecule has 0 spiro atoms. The van der Waals surface area contributed by atoms with Crippen LogP contribution in [0.1, 0.15) is 35.7 Å². The lowest BCUT2D eigenvalue weighted by molar-refractivity contribution is 0.424. The second kappa shape index (κ2) is 6.81. The maximum atomic E-state index is 14.8. The number of hydrogen-bond acceptors (Lipinski definition) is 6. The zero-order valence-corrected chi connectivity index (χ0v) is 15.8. The van der Waals surface area contributed by atoms with Crippen molar-refractivity contribution in [3.63, 3.8) is 0 Å². The van der Waals surface area contributed by atoms with Crippen LogP contribution in [-0.4, -0.2) is 25.1 Å². The Labute approximate surface area is 168 Å². The van der Waals surface area contributed by atoms with Gasteiger partial charge in [-0.1, -0.05) is 0 Å². The Hall–Kier alpha value is -4.00. The second-order valence-electron chi connectivity index (χ2n) is 7.14. The number of rotatable bonds is 5. The van der Waals surface area contributed by atoms with Crippen molar-refractivity contribution in [2.45, 2.75) is 25.7 Å². The minimum atomic E-state index is -0.755. The third kappa shape index (κ3) is 3.10. The number of aryl methyl sites for hydroxylation is 1. The van der Waals surface area contributed by atoms with Gasteiger partial charge < -0.3 is 15.0 Å². The minimum absolute atomic E-state index is 0.0490. The van der Waals surface area contributed by atoms with Crippen molar-refractivity contribution < 1.29 is 13.5 Å². The average molecular weight is 407 g/mol. The highest BCUT2D eigenvalue weighted by Gasteiger charge is 2.26. The van der Waals surface area contributed by atoms with Crippen LogP contribution in [0.25, 0.3) is 10.9 Å². The first-order valence-corrected chi connectivity index (χ1v) is 9.26. The first-order valence-electron chi connectivity index (χ1n) is 9.26. The summed E-state index contributed by atoms with van der Waals surface area (Å²) in [4.78, 5) is 10.7. The fraction of sp³-hybridized carbons (Fsp3) is 0.200. The standard InChI is InChI=1S/C20H15F2N7O/c1-9-4-11-17(22)15(5-13(21)18(11)26-9)30-20-12(7-23)19(24-8-25-20)27-16-6-14(28-29-16)10-2-3-10/h4-6,8,10,26H,2-3H2,1H3,(H2,24,25,27,28,29). The molecule has 1 aliphatic rings. The van der Waals surface area contributed by atoms with Crippen LogP contribution in [0.2, 0.25) is 0 Å². The molecule has 0 amide bonds. The van der Waals surface area contributed by atoms with Gasteiger partial charge in [0.2, 0.25) is 5.88 Å². The van der Waals surface area contributed by atoms with Crippen molar-refractivity contribution in [2.75, 3.05) is 5.32 Å². The maximum absolute atomic E-state index is 14.8. The van der Waals surface area contributed by atoms with E-state index in [2.05, 4.69) is 30.5 Å². The van der Waals surface area contributed by atoms with E-state index in [1.165, 1.54) is 12.4 Å². The molecule has 0 aliphatic heterocycles. The molecule has 5 rings (SSSR count). The SMILES string of the molecule is Cc1cc2c(F)c(Oc3ncnc(Nc4cc(C5CC5)[nH]n4)c3C#N)cc(F)c2[nH]1. The van der Waals surface area contributed by atoms with E-state index in [1.807, 2.05) is 12.1 Å². The first-order chi connectivity index (χ1) is 14.5. The summed E-state index contributed by atoms with van der Waals surface area (Å²) in [5.41, 5.74) is 1.61. The quantitative estimate of drug-likeness (QED) is 0.447. The summed E-state index contributed by atoms with van der Waals surface area (Å²) in [6.45, 7) is 1.69. The normalized spacial score (nSPS) is 13.4. The summed E-state index contributed by atoms with van der Waals surface area (Å²) in [6, 6.07) is 6.19. The van der Waals surface area contributed by atoms with E-state index in [4.69, 9.17) is 4.74 Å². The number of benzene rings is 1. The lowest BCUT2D eigenvalue weighted by atomic mass is 10.2. The van der Waals surface area contributed by atoms with Gasteiger partial charge in [0.15, 0.2) is 34.6 Å². The van der Waals surface area contributed by atoms with Crippen LogP contribution in [0.15, 0.2) is 24.5 Å². The lowest BCUT2D eigenvalue weighted by Crippen LogP contribution is -2.02. The van der Waals surface area contributed by atoms with Crippen LogP contribution in [0.5, 0.6) is 11.6 Å². The second-order valence-corrected chi connectivity index (χ2v) is 7.14. The monoisotopic (exact) mass is 407 g/mol. The smallest absolute Gasteiger partial charge is 0.242 e. The van der Waals surface area contributed by atoms with E-state index in [0.29, 0.717) is 17.4 Å². The van der Waals surface area contributed by atoms with E-state index >= 15 is 0 Å². The number of nitrogens with one attached hydrogen (secondary N) is 3. The summed E-state index contributed by atoms with van der Waals surface area (Å²) in [6.07, 6.45) is 3.40. The molecule has 0 saturated heterocycles. The highest BCUT2D eigenvalue weighted by molar-refractivity contribution is 5.83. The van der Waals surface area contributed by atoms with Gasteiger partial charge in [-0.2, -0.15) is 10.4 Å². The maximum Gasteiger partial charge on any atom is 0.242 e. The van der Waals surface area contributed by atoms with Crippen molar-refractivity contribution >= 4 is 22.5 Å². The topological polar surface area (TPSA) is 115 Å². The molecule has 1 aliphatic carbocycles. The van der Waals surface area contributed by atoms with Crippen LogP contribution in [0.4, 0.5) is 20.4 Å². The molecule has 30 heavy (non-hydrogen) atoms. The van der Waals surface area contributed by atoms with Gasteiger partial charge >= 0.3 is 0 Å². The molecule has 1 fully saturated rings. The van der Waals surface area contributed by atoms with Gasteiger partial charge in [-0.25, -0.2) is 18.7 Å². The van der Waals surface area contributed by atoms with Gasteiger partial charge in [-0.05, 0) is 25.8 Å². The van der Waals surface area contributed by atoms with Crippen LogP contribution < -0.4 is 10.1 Å². The summed E-state index contributed by atoms with van der Waals surface area (Å²) in [7, 11) is 0. The fourth-order valence-electron chi connectivity index (χ4n) is 3.28. The molecule has 150 valence electrons. The Balaban J connectivity index is 1.49. The molecular formula is C20H15F2N7O. The number of anilines is 2. The van der Waals surface area contributed by atoms with Crippen molar-refractivity contribution in [2.24, 2.45) is 0 Å². The predicted octanol–water partition coefficient (Wildman–Crippen LogP) is 4.55. The molecule has 1 aromatic carbocycles. The van der Waals surface area contributed by atoms with Crippen LogP contribution in [0, 0.1) is 29.9 Å². The fourth-order valence-corrected chi connectivity index (χ4v) is 3.28. The number of aromatic nitrogens is 5. The van der Waals surface area contributed by atoms with E-state index in [-0.39, 0.29) is 33.9 Å². The molecule has 1 saturated carbocycles. The van der Waals surface area contributed by atoms with E-state index < -0.39 is 11.6 Å². The van der Waals surface area contributed by atoms with Gasteiger partial charge in [0.05, 0.1) is 5.52 Å². The molecule has 3 heterocycles. The third-order valence-electron chi connectivity index (χ3n) is 4.89. The van der Waals surface area contributed by atoms with E-state index in [1.54, 1.807) is 6.92 Å². The number of nitriles is 1. The molecule has 0 unspecified atom stereocenters. The molecule has 4 aromatic rings. The Morgan fingerprint density at radius 2 is 2.07 bits per heavy atom. The van der Waals surface area contributed by atoms with Crippen molar-refractivity contribution in [1.29, 1.82) is 5.26 Å². The van der Waals surface area contributed by atoms with Crippen LogP contribution >= 0.6 is 0 Å². The van der Waals surface area contributed by atoms with E-state index in [0.717, 1.165) is 24.6 Å². The largest absolute Gasteiger partial charge is 0.434 e. The summed E-state index contributed by atoms with van der Waals surface area (Å²) < 4.78 is 34.7. The third-order valence-corrected chi connectivity index (χ3v) is 4.89. The molecular weight excluding hydrogens is 392 g/mol. The van der Waals surface area contributed by atoms with Gasteiger partial charge in [-0.15, -0.1) is 0 Å². The molecule has 3 aromatic heterocycles. The zero-order valence-electron chi connectivity index (χ0n) is 15.8. The molecule has 0 atom stereocenters. The number of halogens is 2. The van der Waals surface area contributed by atoms with Crippen LogP contribution in [-0.2, 0) is 0 Å². The van der Waals surface area contributed by atoms with Crippen molar-refractivity contribution in [3.05, 3.63) is 53.1 Å². The van der Waals surface area contributed by atoms with Gasteiger partial charge in [0.25, 0.3) is 0 Å². The number of hydrogen-bond donors (Lipinski definition) is 3. The first kappa shape index (κ1) is 18.1. The number of H-pyrrole nitrogens is 2. The predicted molar refractivity (Wildman–Crippen MR) is 104 cm³/mol. The Bertz CT molecular complexity index is 1320. The number of ether oxygens (including phenoxy) is 1. The van der Waals surface area contributed by atoms with Crippen LogP contribution in [0.3, 0.4) is 0 Å². The average Bonchev–Trinajstić information content (AvgIpc) is 3.34. The summed E-state index contributed by atoms with van der Waals surface area (Å²) in [5.74, 6) is -0.889. The molecule has 10 heteroatoms. The Kier molecular flexibility index (Phi) is 4.10. The van der Waals surface area contributed by atoms with Crippen molar-refractivity contribution in [3.8, 4) is 17.7 Å². The summed E-state index contributed by atoms with van der Waals surface area (Å²) >= 11 is 0. The molecule has 0 radical (unpaired) electrons. The summed E-state index contributed by atoms with van der Waals surface area (Å²) in [5, 5.41) is 19.7. The lowest BCUT2D eigenvalue weighted by Gasteiger charge is -2.10.